The predicted octanol–water partition coefficient (Wildman–Crippen LogP) is 1.22. The third-order valence-corrected chi connectivity index (χ3v) is 2.19. The van der Waals surface area contributed by atoms with Gasteiger partial charge in [0, 0.05) is 5.39 Å². The number of nitrogens with two attached hydrogens (primary N) is 1. The molecule has 0 radical (unpaired) electrons. The van der Waals surface area contributed by atoms with Crippen molar-refractivity contribution in [3.8, 4) is 0 Å². The van der Waals surface area contributed by atoms with Gasteiger partial charge >= 0.3 is 0 Å². The van der Waals surface area contributed by atoms with Crippen LogP contribution in [0.4, 0.5) is 5.82 Å². The third kappa shape index (κ3) is 1.20. The first-order chi connectivity index (χ1) is 6.18. The smallest absolute Gasteiger partial charge is 0.157 e. The van der Waals surface area contributed by atoms with Gasteiger partial charge in [0.25, 0.3) is 0 Å². The minimum Gasteiger partial charge on any atom is -0.382 e. The average Bonchev–Trinajstić information content (AvgIpc) is 2.09. The summed E-state index contributed by atoms with van der Waals surface area (Å²) in [5.74, 6) is 0.438. The zero-order chi connectivity index (χ0) is 9.42. The van der Waals surface area contributed by atoms with Gasteiger partial charge < -0.3 is 5.73 Å². The molecule has 2 N–H and O–H groups in total. The van der Waals surface area contributed by atoms with E-state index in [9.17, 15) is 0 Å². The van der Waals surface area contributed by atoms with E-state index in [0.717, 1.165) is 10.9 Å². The van der Waals surface area contributed by atoms with E-state index in [0.29, 0.717) is 5.82 Å². The van der Waals surface area contributed by atoms with E-state index in [1.165, 1.54) is 11.1 Å². The molecule has 0 fully saturated rings. The van der Waals surface area contributed by atoms with Crippen molar-refractivity contribution in [1.82, 2.24) is 15.4 Å². The Bertz CT molecular complexity index is 464. The molecule has 4 nitrogen and oxygen atoms in total. The van der Waals surface area contributed by atoms with Gasteiger partial charge in [-0.2, -0.15) is 0 Å². The molecule has 0 aliphatic rings. The summed E-state index contributed by atoms with van der Waals surface area (Å²) in [6.45, 7) is 4.07. The molecule has 0 amide bonds. The van der Waals surface area contributed by atoms with Crippen LogP contribution >= 0.6 is 0 Å². The Labute approximate surface area is 75.8 Å². The summed E-state index contributed by atoms with van der Waals surface area (Å²) in [5, 5.41) is 12.0. The normalized spacial score (nSPS) is 10.6. The van der Waals surface area contributed by atoms with Gasteiger partial charge in [-0.05, 0) is 42.3 Å². The lowest BCUT2D eigenvalue weighted by atomic mass is 10.1. The van der Waals surface area contributed by atoms with Crippen LogP contribution in [0.15, 0.2) is 12.1 Å². The van der Waals surface area contributed by atoms with E-state index in [4.69, 9.17) is 5.73 Å². The lowest BCUT2D eigenvalue weighted by molar-refractivity contribution is 0.902. The number of aromatic nitrogens is 3. The fraction of sp³-hybridized carbons (Fsp3) is 0.222. The SMILES string of the molecule is Cc1cc2nnnc(N)c2cc1C. The fourth-order valence-electron chi connectivity index (χ4n) is 1.26. The van der Waals surface area contributed by atoms with Gasteiger partial charge in [-0.3, -0.25) is 0 Å². The molecule has 0 spiro atoms. The molecule has 2 aromatic rings. The van der Waals surface area contributed by atoms with E-state index >= 15 is 0 Å². The van der Waals surface area contributed by atoms with Crippen molar-refractivity contribution in [1.29, 1.82) is 0 Å². The number of benzene rings is 1. The molecule has 1 heterocycles. The maximum atomic E-state index is 5.66. The van der Waals surface area contributed by atoms with E-state index in [1.807, 2.05) is 26.0 Å². The highest BCUT2D eigenvalue weighted by Crippen LogP contribution is 2.19. The highest BCUT2D eigenvalue weighted by atomic mass is 15.3. The summed E-state index contributed by atoms with van der Waals surface area (Å²) >= 11 is 0. The molecular weight excluding hydrogens is 164 g/mol. The van der Waals surface area contributed by atoms with Gasteiger partial charge in [-0.25, -0.2) is 0 Å². The Morgan fingerprint density at radius 3 is 2.54 bits per heavy atom. The quantitative estimate of drug-likeness (QED) is 0.652. The molecule has 2 rings (SSSR count). The summed E-state index contributed by atoms with van der Waals surface area (Å²) in [6.07, 6.45) is 0. The molecule has 13 heavy (non-hydrogen) atoms. The second-order valence-electron chi connectivity index (χ2n) is 3.13. The third-order valence-electron chi connectivity index (χ3n) is 2.19. The molecule has 0 aliphatic carbocycles. The molecule has 0 saturated carbocycles. The van der Waals surface area contributed by atoms with Crippen LogP contribution in [-0.2, 0) is 0 Å². The summed E-state index contributed by atoms with van der Waals surface area (Å²) in [4.78, 5) is 0. The van der Waals surface area contributed by atoms with Crippen LogP contribution in [0.5, 0.6) is 0 Å². The Balaban J connectivity index is 2.89. The lowest BCUT2D eigenvalue weighted by Crippen LogP contribution is -1.98. The summed E-state index contributed by atoms with van der Waals surface area (Å²) in [5.41, 5.74) is 8.84. The van der Waals surface area contributed by atoms with Crippen molar-refractivity contribution in [2.45, 2.75) is 13.8 Å². The Kier molecular flexibility index (Phi) is 1.62. The number of nitrogens with zero attached hydrogens (tertiary/aromatic N) is 3. The number of hydrogen-bond donors (Lipinski definition) is 1. The highest BCUT2D eigenvalue weighted by Gasteiger charge is 2.02. The number of nitrogen functional groups attached to an aromatic ring is 1. The standard InChI is InChI=1S/C9H10N4/c1-5-3-7-8(4-6(5)2)11-13-12-9(7)10/h3-4H,1-2H3,(H2,10,11,12). The first-order valence-electron chi connectivity index (χ1n) is 4.04. The number of hydrogen-bond acceptors (Lipinski definition) is 4. The van der Waals surface area contributed by atoms with Crippen molar-refractivity contribution < 1.29 is 0 Å². The van der Waals surface area contributed by atoms with Gasteiger partial charge in [0.1, 0.15) is 0 Å². The number of aryl methyl sites for hydroxylation is 2. The maximum absolute atomic E-state index is 5.66. The summed E-state index contributed by atoms with van der Waals surface area (Å²) < 4.78 is 0. The maximum Gasteiger partial charge on any atom is 0.157 e. The molecule has 0 saturated heterocycles. The zero-order valence-corrected chi connectivity index (χ0v) is 7.57. The predicted molar refractivity (Wildman–Crippen MR) is 51.2 cm³/mol. The van der Waals surface area contributed by atoms with E-state index in [1.54, 1.807) is 0 Å². The summed E-state index contributed by atoms with van der Waals surface area (Å²) in [7, 11) is 0. The Morgan fingerprint density at radius 2 is 1.77 bits per heavy atom. The van der Waals surface area contributed by atoms with Gasteiger partial charge in [0.05, 0.1) is 5.52 Å². The molecule has 0 aliphatic heterocycles. The Morgan fingerprint density at radius 1 is 1.08 bits per heavy atom. The highest BCUT2D eigenvalue weighted by molar-refractivity contribution is 5.88. The van der Waals surface area contributed by atoms with Crippen LogP contribution in [0.25, 0.3) is 10.9 Å². The van der Waals surface area contributed by atoms with Gasteiger partial charge in [0.15, 0.2) is 5.82 Å². The van der Waals surface area contributed by atoms with Crippen molar-refractivity contribution in [3.63, 3.8) is 0 Å². The fourth-order valence-corrected chi connectivity index (χ4v) is 1.26. The van der Waals surface area contributed by atoms with Crippen molar-refractivity contribution in [3.05, 3.63) is 23.3 Å². The second kappa shape index (κ2) is 2.65. The molecule has 1 aromatic heterocycles. The number of anilines is 1. The van der Waals surface area contributed by atoms with Crippen LogP contribution < -0.4 is 5.73 Å². The minimum atomic E-state index is 0.438. The second-order valence-corrected chi connectivity index (χ2v) is 3.13. The van der Waals surface area contributed by atoms with Crippen LogP contribution in [0.1, 0.15) is 11.1 Å². The van der Waals surface area contributed by atoms with Gasteiger partial charge in [-0.15, -0.1) is 10.2 Å². The lowest BCUT2D eigenvalue weighted by Gasteiger charge is -2.02. The van der Waals surface area contributed by atoms with Crippen molar-refractivity contribution >= 4 is 16.7 Å². The van der Waals surface area contributed by atoms with Crippen LogP contribution in [-0.4, -0.2) is 15.4 Å². The molecule has 4 heteroatoms. The molecule has 1 aromatic carbocycles. The number of fused-ring (bicyclic) bond motifs is 1. The van der Waals surface area contributed by atoms with E-state index in [-0.39, 0.29) is 0 Å². The first kappa shape index (κ1) is 7.91. The van der Waals surface area contributed by atoms with E-state index < -0.39 is 0 Å². The monoisotopic (exact) mass is 174 g/mol. The zero-order valence-electron chi connectivity index (χ0n) is 7.57. The van der Waals surface area contributed by atoms with Crippen LogP contribution in [0.3, 0.4) is 0 Å². The number of rotatable bonds is 0. The van der Waals surface area contributed by atoms with Crippen LogP contribution in [0.2, 0.25) is 0 Å². The van der Waals surface area contributed by atoms with Crippen molar-refractivity contribution in [2.24, 2.45) is 0 Å². The van der Waals surface area contributed by atoms with Crippen molar-refractivity contribution in [2.75, 3.05) is 5.73 Å². The van der Waals surface area contributed by atoms with E-state index in [2.05, 4.69) is 15.4 Å². The first-order valence-corrected chi connectivity index (χ1v) is 4.04. The van der Waals surface area contributed by atoms with Crippen LogP contribution in [0, 0.1) is 13.8 Å². The molecular formula is C9H10N4. The van der Waals surface area contributed by atoms with Gasteiger partial charge in [-0.1, -0.05) is 0 Å². The molecule has 0 bridgehead atoms. The molecule has 66 valence electrons. The Hall–Kier alpha value is -1.71. The largest absolute Gasteiger partial charge is 0.382 e. The molecule has 0 atom stereocenters. The van der Waals surface area contributed by atoms with Gasteiger partial charge in [0.2, 0.25) is 0 Å². The minimum absolute atomic E-state index is 0.438. The molecule has 0 unspecified atom stereocenters. The topological polar surface area (TPSA) is 64.7 Å². The average molecular weight is 174 g/mol. The summed E-state index contributed by atoms with van der Waals surface area (Å²) in [6, 6.07) is 3.96.